The number of morpholine rings is 1. The second-order valence-corrected chi connectivity index (χ2v) is 18.1. The van der Waals surface area contributed by atoms with E-state index in [4.69, 9.17) is 28.4 Å². The first-order valence-electron chi connectivity index (χ1n) is 21.0. The molecule has 5 saturated heterocycles. The van der Waals surface area contributed by atoms with Crippen LogP contribution >= 0.6 is 11.8 Å². The van der Waals surface area contributed by atoms with Gasteiger partial charge in [-0.1, -0.05) is 12.1 Å². The number of hydrogen-bond donors (Lipinski definition) is 4. The zero-order valence-electron chi connectivity index (χ0n) is 35.3. The maximum absolute atomic E-state index is 14.6. The number of nitrogens with zero attached hydrogens (tertiary/aromatic N) is 3. The Morgan fingerprint density at radius 2 is 1.68 bits per heavy atom. The molecule has 4 amide bonds. The van der Waals surface area contributed by atoms with Crippen LogP contribution in [0.4, 0.5) is 0 Å². The molecule has 9 rings (SSSR count). The first-order valence-corrected chi connectivity index (χ1v) is 22.3. The first kappa shape index (κ1) is 45.0. The number of Topliss-reactive ketones (excluding diaryl/α,β-unsaturated/α-hetero) is 1. The van der Waals surface area contributed by atoms with Gasteiger partial charge in [-0.2, -0.15) is 11.8 Å². The molecule has 5 aliphatic heterocycles. The van der Waals surface area contributed by atoms with Crippen molar-refractivity contribution in [2.75, 3.05) is 39.8 Å². The van der Waals surface area contributed by atoms with Crippen molar-refractivity contribution in [1.29, 1.82) is 0 Å². The Hall–Kier alpha value is -5.17. The molecule has 0 radical (unpaired) electrons. The summed E-state index contributed by atoms with van der Waals surface area (Å²) in [7, 11) is 1.50. The van der Waals surface area contributed by atoms with Gasteiger partial charge in [0.15, 0.2) is 30.4 Å². The third-order valence-corrected chi connectivity index (χ3v) is 14.3. The van der Waals surface area contributed by atoms with Crippen molar-refractivity contribution >= 4 is 58.7 Å². The van der Waals surface area contributed by atoms with Crippen molar-refractivity contribution in [3.8, 4) is 17.2 Å². The lowest BCUT2D eigenvalue weighted by atomic mass is 9.72. The molecule has 7 aliphatic rings. The van der Waals surface area contributed by atoms with Crippen LogP contribution in [0.5, 0.6) is 17.2 Å². The molecular formula is C43H45N3O18S. The monoisotopic (exact) mass is 923 g/mol. The Kier molecular flexibility index (Phi) is 11.7. The minimum absolute atomic E-state index is 0.0830. The van der Waals surface area contributed by atoms with Gasteiger partial charge >= 0.3 is 5.97 Å². The van der Waals surface area contributed by atoms with E-state index in [2.05, 4.69) is 4.90 Å². The average Bonchev–Trinajstić information content (AvgIpc) is 3.89. The number of imide groups is 2. The molecule has 0 spiro atoms. The summed E-state index contributed by atoms with van der Waals surface area (Å²) in [6.45, 7) is 0.927. The normalized spacial score (nSPS) is 32.0. The first-order chi connectivity index (χ1) is 31.0. The standard InChI is InChI=1S/C43H45N3O18S/c1-17-38-21(44-7-8-60-42(59-2)41(44)64-38)11-29(61-17)63-23-14-43(58,25(48)15-47)13-20-31(23)37(55)33-32(35(20)53)34(52)19-5-4-6-22(30(19)36(33)54)62-28(51)10-18-9-26(49)45(39(18)56)16-46-27(50)12-24(65-3)40(46)57/h4-6,17-18,21,23-24,29,38,41-42,47,53,55,58H,7-16H2,1-3H3/t17-,18?,21-,23-,24?,29-,38+,41+,42-,43-/m0/s1. The molecule has 2 unspecified atom stereocenters. The van der Waals surface area contributed by atoms with E-state index in [1.54, 1.807) is 13.2 Å². The summed E-state index contributed by atoms with van der Waals surface area (Å²) in [5.74, 6) is -10.1. The van der Waals surface area contributed by atoms with Crippen molar-refractivity contribution in [2.24, 2.45) is 5.92 Å². The smallest absolute Gasteiger partial charge is 0.312 e. The molecule has 21 nitrogen and oxygen atoms in total. The molecule has 2 aromatic carbocycles. The number of aromatic hydroxyl groups is 2. The minimum Gasteiger partial charge on any atom is -0.507 e. The van der Waals surface area contributed by atoms with Crippen molar-refractivity contribution in [1.82, 2.24) is 14.7 Å². The molecule has 2 aromatic rings. The molecular weight excluding hydrogens is 879 g/mol. The lowest BCUT2D eigenvalue weighted by Gasteiger charge is -2.43. The van der Waals surface area contributed by atoms with Gasteiger partial charge in [0.1, 0.15) is 42.2 Å². The Bertz CT molecular complexity index is 2440. The number of rotatable bonds is 11. The molecule has 65 heavy (non-hydrogen) atoms. The van der Waals surface area contributed by atoms with Crippen LogP contribution in [0.3, 0.4) is 0 Å². The number of ketones is 3. The molecule has 5 fully saturated rings. The van der Waals surface area contributed by atoms with E-state index in [1.807, 2.05) is 0 Å². The van der Waals surface area contributed by atoms with Crippen LogP contribution in [0.25, 0.3) is 0 Å². The Morgan fingerprint density at radius 3 is 2.38 bits per heavy atom. The predicted molar refractivity (Wildman–Crippen MR) is 216 cm³/mol. The van der Waals surface area contributed by atoms with E-state index in [0.717, 1.165) is 21.6 Å². The fourth-order valence-corrected chi connectivity index (χ4v) is 10.8. The third kappa shape index (κ3) is 7.35. The number of carbonyl (C=O) groups excluding carboxylic acids is 8. The zero-order valence-corrected chi connectivity index (χ0v) is 36.1. The van der Waals surface area contributed by atoms with Crippen LogP contribution in [-0.2, 0) is 58.9 Å². The number of esters is 1. The number of hydrogen-bond acceptors (Lipinski definition) is 20. The van der Waals surface area contributed by atoms with Crippen molar-refractivity contribution in [3.05, 3.63) is 51.6 Å². The second-order valence-electron chi connectivity index (χ2n) is 17.0. The maximum atomic E-state index is 14.6. The topological polar surface area (TPSA) is 283 Å². The summed E-state index contributed by atoms with van der Waals surface area (Å²) in [5.41, 5.74) is -5.03. The summed E-state index contributed by atoms with van der Waals surface area (Å²) in [6.07, 6.45) is -5.35. The zero-order chi connectivity index (χ0) is 46.4. The SMILES string of the molecule is CO[C@H]1OCCN2[C@@H]1O[C@@H]1[C@H](C)O[C@@H](O[C@H]3C[C@](O)(C(=O)CO)Cc4c(O)c5c(c(O)c43)C(=O)c3c(OC(=O)CC4CC(=O)N(CN6C(=O)CC(SC)C6=O)C4=O)cccc3C5=O)C[C@@H]12. The number of carbonyl (C=O) groups is 8. The van der Waals surface area contributed by atoms with Crippen LogP contribution in [0.2, 0.25) is 0 Å². The lowest BCUT2D eigenvalue weighted by Crippen LogP contribution is -2.55. The maximum Gasteiger partial charge on any atom is 0.312 e. The highest BCUT2D eigenvalue weighted by Crippen LogP contribution is 2.53. The Balaban J connectivity index is 0.990. The van der Waals surface area contributed by atoms with Crippen LogP contribution in [-0.4, -0.2) is 170 Å². The number of fused-ring (bicyclic) bond motifs is 6. The number of aliphatic hydroxyl groups excluding tert-OH is 1. The van der Waals surface area contributed by atoms with Gasteiger partial charge in [0, 0.05) is 68.5 Å². The molecule has 22 heteroatoms. The van der Waals surface area contributed by atoms with Crippen molar-refractivity contribution in [3.63, 3.8) is 0 Å². The number of phenols is 2. The van der Waals surface area contributed by atoms with Crippen LogP contribution < -0.4 is 4.74 Å². The fourth-order valence-electron chi connectivity index (χ4n) is 10.2. The molecule has 346 valence electrons. The molecule has 0 saturated carbocycles. The molecule has 10 atom stereocenters. The van der Waals surface area contributed by atoms with E-state index < -0.39 is 174 Å². The van der Waals surface area contributed by atoms with Gasteiger partial charge in [-0.05, 0) is 19.2 Å². The van der Waals surface area contributed by atoms with Crippen LogP contribution in [0.1, 0.15) is 88.1 Å². The fraction of sp³-hybridized carbons (Fsp3) is 0.535. The number of amides is 4. The molecule has 0 bridgehead atoms. The van der Waals surface area contributed by atoms with E-state index in [-0.39, 0.29) is 35.6 Å². The number of thioether (sulfide) groups is 1. The highest BCUT2D eigenvalue weighted by atomic mass is 32.2. The number of phenolic OH excluding ortho intramolecular Hbond substituents is 2. The number of aliphatic hydroxyl groups is 2. The third-order valence-electron chi connectivity index (χ3n) is 13.4. The molecule has 5 heterocycles. The van der Waals surface area contributed by atoms with Gasteiger partial charge in [0.25, 0.3) is 0 Å². The highest BCUT2D eigenvalue weighted by Gasteiger charge is 2.55. The molecule has 2 aliphatic carbocycles. The van der Waals surface area contributed by atoms with Crippen LogP contribution in [0, 0.1) is 5.92 Å². The van der Waals surface area contributed by atoms with Gasteiger partial charge in [-0.15, -0.1) is 0 Å². The van der Waals surface area contributed by atoms with E-state index >= 15 is 0 Å². The van der Waals surface area contributed by atoms with Gasteiger partial charge in [0.05, 0.1) is 53.1 Å². The molecule has 0 aromatic heterocycles. The summed E-state index contributed by atoms with van der Waals surface area (Å²) >= 11 is 1.16. The summed E-state index contributed by atoms with van der Waals surface area (Å²) in [4.78, 5) is 110. The number of methoxy groups -OCH3 is 1. The van der Waals surface area contributed by atoms with E-state index in [0.29, 0.717) is 13.2 Å². The second kappa shape index (κ2) is 16.9. The van der Waals surface area contributed by atoms with Gasteiger partial charge in [-0.3, -0.25) is 53.1 Å². The van der Waals surface area contributed by atoms with Crippen molar-refractivity contribution < 1.29 is 87.2 Å². The van der Waals surface area contributed by atoms with Gasteiger partial charge in [-0.25, -0.2) is 0 Å². The Morgan fingerprint density at radius 1 is 0.954 bits per heavy atom. The number of benzene rings is 2. The largest absolute Gasteiger partial charge is 0.507 e. The van der Waals surface area contributed by atoms with Crippen molar-refractivity contribution in [2.45, 2.75) is 99.5 Å². The summed E-state index contributed by atoms with van der Waals surface area (Å²) < 4.78 is 35.7. The number of likely N-dealkylation sites (tertiary alicyclic amines) is 2. The highest BCUT2D eigenvalue weighted by molar-refractivity contribution is 8.00. The van der Waals surface area contributed by atoms with Gasteiger partial charge in [0.2, 0.25) is 29.4 Å². The van der Waals surface area contributed by atoms with E-state index in [1.165, 1.54) is 25.3 Å². The van der Waals surface area contributed by atoms with E-state index in [9.17, 15) is 58.8 Å². The predicted octanol–water partition coefficient (Wildman–Crippen LogP) is -0.179. The Labute approximate surface area is 373 Å². The summed E-state index contributed by atoms with van der Waals surface area (Å²) in [6, 6.07) is 3.43. The summed E-state index contributed by atoms with van der Waals surface area (Å²) in [5, 5.41) is 44.9. The molecule has 4 N–H and O–H groups in total. The van der Waals surface area contributed by atoms with Crippen LogP contribution in [0.15, 0.2) is 18.2 Å². The quantitative estimate of drug-likeness (QED) is 0.0840. The van der Waals surface area contributed by atoms with Gasteiger partial charge < -0.3 is 48.8 Å². The minimum atomic E-state index is -2.37. The lowest BCUT2D eigenvalue weighted by molar-refractivity contribution is -0.256. The average molecular weight is 924 g/mol. The number of ether oxygens (including phenoxy) is 6.